The zero-order valence-electron chi connectivity index (χ0n) is 15.6. The van der Waals surface area contributed by atoms with Gasteiger partial charge >= 0.3 is 0 Å². The molecule has 2 N–H and O–H groups in total. The molecule has 2 aromatic carbocycles. The highest BCUT2D eigenvalue weighted by Crippen LogP contribution is 2.27. The van der Waals surface area contributed by atoms with Crippen molar-refractivity contribution in [2.75, 3.05) is 33.1 Å². The van der Waals surface area contributed by atoms with Gasteiger partial charge < -0.3 is 20.3 Å². The Hall–Kier alpha value is -2.11. The molecule has 2 rings (SSSR count). The number of rotatable bonds is 6. The lowest BCUT2D eigenvalue weighted by Crippen LogP contribution is -2.37. The van der Waals surface area contributed by atoms with E-state index in [2.05, 4.69) is 55.6 Å². The molecular formula is C20H27N3OS. The second-order valence-corrected chi connectivity index (χ2v) is 6.71. The van der Waals surface area contributed by atoms with Gasteiger partial charge in [-0.05, 0) is 63.4 Å². The molecule has 0 aromatic heterocycles. The van der Waals surface area contributed by atoms with Crippen molar-refractivity contribution in [1.82, 2.24) is 10.2 Å². The lowest BCUT2D eigenvalue weighted by molar-refractivity contribution is 0.288. The van der Waals surface area contributed by atoms with E-state index in [0.29, 0.717) is 11.7 Å². The maximum absolute atomic E-state index is 5.50. The molecule has 0 aliphatic carbocycles. The highest BCUT2D eigenvalue weighted by Gasteiger charge is 2.18. The highest BCUT2D eigenvalue weighted by molar-refractivity contribution is 7.80. The van der Waals surface area contributed by atoms with Crippen LogP contribution in [0, 0.1) is 13.8 Å². The normalized spacial score (nSPS) is 11.9. The number of nitrogens with zero attached hydrogens (tertiary/aromatic N) is 1. The molecular weight excluding hydrogens is 330 g/mol. The predicted molar refractivity (Wildman–Crippen MR) is 110 cm³/mol. The van der Waals surface area contributed by atoms with E-state index in [1.54, 1.807) is 7.11 Å². The Morgan fingerprint density at radius 1 is 1.12 bits per heavy atom. The molecule has 0 bridgehead atoms. The number of hydrogen-bond donors (Lipinski definition) is 2. The molecule has 0 aliphatic rings. The summed E-state index contributed by atoms with van der Waals surface area (Å²) in [5.74, 6) is 0.886. The number of methoxy groups -OCH3 is 1. The predicted octanol–water partition coefficient (Wildman–Crippen LogP) is 3.90. The van der Waals surface area contributed by atoms with Crippen LogP contribution in [0.4, 0.5) is 5.69 Å². The molecule has 0 heterocycles. The van der Waals surface area contributed by atoms with E-state index in [1.807, 2.05) is 30.3 Å². The summed E-state index contributed by atoms with van der Waals surface area (Å²) in [7, 11) is 5.81. The Labute approximate surface area is 156 Å². The van der Waals surface area contributed by atoms with Gasteiger partial charge in [-0.2, -0.15) is 0 Å². The maximum atomic E-state index is 5.50. The topological polar surface area (TPSA) is 36.5 Å². The van der Waals surface area contributed by atoms with Gasteiger partial charge in [0.05, 0.1) is 13.2 Å². The van der Waals surface area contributed by atoms with Gasteiger partial charge in [0.15, 0.2) is 5.11 Å². The van der Waals surface area contributed by atoms with E-state index in [-0.39, 0.29) is 6.04 Å². The van der Waals surface area contributed by atoms with Crippen molar-refractivity contribution in [1.29, 1.82) is 0 Å². The van der Waals surface area contributed by atoms with Crippen molar-refractivity contribution in [2.45, 2.75) is 19.9 Å². The van der Waals surface area contributed by atoms with Crippen LogP contribution < -0.4 is 15.4 Å². The Bertz CT molecular complexity index is 731. The summed E-state index contributed by atoms with van der Waals surface area (Å²) in [4.78, 5) is 2.16. The van der Waals surface area contributed by atoms with E-state index in [4.69, 9.17) is 17.0 Å². The number of thiocarbonyl (C=S) groups is 1. The van der Waals surface area contributed by atoms with E-state index in [9.17, 15) is 0 Å². The van der Waals surface area contributed by atoms with Gasteiger partial charge in [-0.25, -0.2) is 0 Å². The lowest BCUT2D eigenvalue weighted by atomic mass is 10.0. The smallest absolute Gasteiger partial charge is 0.170 e. The molecule has 134 valence electrons. The van der Waals surface area contributed by atoms with Crippen molar-refractivity contribution in [3.63, 3.8) is 0 Å². The molecule has 2 aromatic rings. The van der Waals surface area contributed by atoms with Crippen LogP contribution in [-0.4, -0.2) is 37.8 Å². The van der Waals surface area contributed by atoms with Crippen molar-refractivity contribution >= 4 is 23.0 Å². The fourth-order valence-corrected chi connectivity index (χ4v) is 2.95. The number of likely N-dealkylation sites (N-methyl/N-ethyl adjacent to an activating group) is 1. The van der Waals surface area contributed by atoms with Gasteiger partial charge in [0.1, 0.15) is 5.75 Å². The summed E-state index contributed by atoms with van der Waals surface area (Å²) < 4.78 is 5.50. The molecule has 5 heteroatoms. The molecule has 4 nitrogen and oxygen atoms in total. The summed E-state index contributed by atoms with van der Waals surface area (Å²) in [6.07, 6.45) is 0. The van der Waals surface area contributed by atoms with Gasteiger partial charge in [-0.15, -0.1) is 0 Å². The van der Waals surface area contributed by atoms with Crippen LogP contribution in [0.25, 0.3) is 0 Å². The first-order valence-electron chi connectivity index (χ1n) is 8.34. The van der Waals surface area contributed by atoms with Crippen molar-refractivity contribution < 1.29 is 4.74 Å². The maximum Gasteiger partial charge on any atom is 0.170 e. The third-order valence-electron chi connectivity index (χ3n) is 4.43. The number of para-hydroxylation sites is 1. The van der Waals surface area contributed by atoms with Gasteiger partial charge in [-0.1, -0.05) is 30.3 Å². The molecule has 0 amide bonds. The Morgan fingerprint density at radius 3 is 2.52 bits per heavy atom. The molecule has 1 atom stereocenters. The number of benzene rings is 2. The zero-order valence-corrected chi connectivity index (χ0v) is 16.4. The van der Waals surface area contributed by atoms with Crippen LogP contribution in [0.2, 0.25) is 0 Å². The number of anilines is 1. The minimum atomic E-state index is 0.148. The minimum absolute atomic E-state index is 0.148. The quantitative estimate of drug-likeness (QED) is 0.767. The van der Waals surface area contributed by atoms with E-state index in [1.165, 1.54) is 11.1 Å². The number of hydrogen-bond acceptors (Lipinski definition) is 3. The fourth-order valence-electron chi connectivity index (χ4n) is 2.75. The van der Waals surface area contributed by atoms with E-state index >= 15 is 0 Å². The largest absolute Gasteiger partial charge is 0.496 e. The molecule has 0 fully saturated rings. The van der Waals surface area contributed by atoms with Gasteiger partial charge in [0.2, 0.25) is 0 Å². The molecule has 0 unspecified atom stereocenters. The summed E-state index contributed by atoms with van der Waals surface area (Å²) in [5, 5.41) is 7.25. The summed E-state index contributed by atoms with van der Waals surface area (Å²) in [6.45, 7) is 4.88. The first kappa shape index (κ1) is 19.2. The van der Waals surface area contributed by atoms with Crippen molar-refractivity contribution in [3.8, 4) is 5.75 Å². The molecule has 0 radical (unpaired) electrons. The van der Waals surface area contributed by atoms with E-state index < -0.39 is 0 Å². The second-order valence-electron chi connectivity index (χ2n) is 6.30. The first-order chi connectivity index (χ1) is 11.9. The zero-order chi connectivity index (χ0) is 18.4. The van der Waals surface area contributed by atoms with Gasteiger partial charge in [-0.3, -0.25) is 0 Å². The Kier molecular flexibility index (Phi) is 6.79. The summed E-state index contributed by atoms with van der Waals surface area (Å²) >= 11 is 5.48. The molecule has 0 spiro atoms. The van der Waals surface area contributed by atoms with Crippen LogP contribution >= 0.6 is 12.2 Å². The van der Waals surface area contributed by atoms with Crippen LogP contribution in [0.15, 0.2) is 42.5 Å². The molecule has 0 aliphatic heterocycles. The number of ether oxygens (including phenoxy) is 1. The van der Waals surface area contributed by atoms with Crippen LogP contribution in [0.3, 0.4) is 0 Å². The fraction of sp³-hybridized carbons (Fsp3) is 0.350. The van der Waals surface area contributed by atoms with Crippen LogP contribution in [0.1, 0.15) is 22.7 Å². The molecule has 25 heavy (non-hydrogen) atoms. The van der Waals surface area contributed by atoms with Crippen LogP contribution in [0.5, 0.6) is 5.75 Å². The lowest BCUT2D eigenvalue weighted by Gasteiger charge is -2.27. The summed E-state index contributed by atoms with van der Waals surface area (Å²) in [5.41, 5.74) is 4.63. The summed E-state index contributed by atoms with van der Waals surface area (Å²) in [6, 6.07) is 14.4. The third kappa shape index (κ3) is 4.94. The third-order valence-corrected chi connectivity index (χ3v) is 4.68. The SMILES string of the molecule is COc1ccccc1[C@H](CNC(=S)Nc1cccc(C)c1C)N(C)C. The average molecular weight is 358 g/mol. The monoisotopic (exact) mass is 357 g/mol. The average Bonchev–Trinajstić information content (AvgIpc) is 2.59. The highest BCUT2D eigenvalue weighted by atomic mass is 32.1. The second kappa shape index (κ2) is 8.83. The number of nitrogens with one attached hydrogen (secondary N) is 2. The van der Waals surface area contributed by atoms with Crippen molar-refractivity contribution in [3.05, 3.63) is 59.2 Å². The number of aryl methyl sites for hydroxylation is 1. The first-order valence-corrected chi connectivity index (χ1v) is 8.75. The van der Waals surface area contributed by atoms with Crippen LogP contribution in [-0.2, 0) is 0 Å². The van der Waals surface area contributed by atoms with Gasteiger partial charge in [0.25, 0.3) is 0 Å². The minimum Gasteiger partial charge on any atom is -0.496 e. The Balaban J connectivity index is 2.06. The molecule has 0 saturated heterocycles. The standard InChI is InChI=1S/C20H27N3OS/c1-14-9-8-11-17(15(14)2)22-20(25)21-13-18(23(3)4)16-10-6-7-12-19(16)24-5/h6-12,18H,13H2,1-5H3,(H2,21,22,25)/t18-/m0/s1. The van der Waals surface area contributed by atoms with Crippen molar-refractivity contribution in [2.24, 2.45) is 0 Å². The molecule has 0 saturated carbocycles. The van der Waals surface area contributed by atoms with E-state index in [0.717, 1.165) is 17.0 Å². The Morgan fingerprint density at radius 2 is 1.84 bits per heavy atom. The van der Waals surface area contributed by atoms with Gasteiger partial charge in [0, 0.05) is 17.8 Å².